The first-order chi connectivity index (χ1) is 9.58. The molecule has 102 valence electrons. The van der Waals surface area contributed by atoms with E-state index in [9.17, 15) is 9.50 Å². The molecule has 0 radical (unpaired) electrons. The van der Waals surface area contributed by atoms with Crippen LogP contribution in [0.2, 0.25) is 0 Å². The van der Waals surface area contributed by atoms with Crippen LogP contribution in [0, 0.1) is 12.7 Å². The number of aliphatic hydroxyl groups excluding tert-OH is 1. The molecule has 1 nitrogen and oxygen atoms in total. The van der Waals surface area contributed by atoms with Gasteiger partial charge in [0, 0.05) is 14.7 Å². The van der Waals surface area contributed by atoms with E-state index in [1.165, 1.54) is 6.07 Å². The molecule has 0 aliphatic rings. The Balaban J connectivity index is 2.10. The van der Waals surface area contributed by atoms with Gasteiger partial charge in [-0.15, -0.1) is 11.3 Å². The normalized spacial score (nSPS) is 12.8. The van der Waals surface area contributed by atoms with Crippen LogP contribution in [0.1, 0.15) is 22.8 Å². The van der Waals surface area contributed by atoms with E-state index >= 15 is 0 Å². The third-order valence-electron chi connectivity index (χ3n) is 3.37. The number of benzene rings is 2. The van der Waals surface area contributed by atoms with Crippen molar-refractivity contribution < 1.29 is 9.50 Å². The molecule has 2 aromatic carbocycles. The number of hydrogen-bond acceptors (Lipinski definition) is 2. The summed E-state index contributed by atoms with van der Waals surface area (Å²) in [6, 6.07) is 10.7. The van der Waals surface area contributed by atoms with Crippen LogP contribution in [0.15, 0.2) is 46.3 Å². The average Bonchev–Trinajstić information content (AvgIpc) is 2.86. The first-order valence-electron chi connectivity index (χ1n) is 6.17. The van der Waals surface area contributed by atoms with E-state index in [1.807, 2.05) is 23.6 Å². The third kappa shape index (κ3) is 2.28. The van der Waals surface area contributed by atoms with Crippen molar-refractivity contribution in [1.82, 2.24) is 0 Å². The van der Waals surface area contributed by atoms with E-state index in [4.69, 9.17) is 0 Å². The molecule has 1 atom stereocenters. The molecule has 0 saturated carbocycles. The third-order valence-corrected chi connectivity index (χ3v) is 5.34. The minimum absolute atomic E-state index is 0.251. The van der Waals surface area contributed by atoms with Crippen molar-refractivity contribution in [1.29, 1.82) is 0 Å². The van der Waals surface area contributed by atoms with Crippen LogP contribution in [0.25, 0.3) is 10.1 Å². The van der Waals surface area contributed by atoms with Crippen molar-refractivity contribution in [3.8, 4) is 0 Å². The summed E-state index contributed by atoms with van der Waals surface area (Å²) in [5.41, 5.74) is 2.11. The predicted octanol–water partition coefficient (Wildman–Crippen LogP) is 5.19. The number of aryl methyl sites for hydroxylation is 1. The van der Waals surface area contributed by atoms with Crippen molar-refractivity contribution in [2.45, 2.75) is 13.0 Å². The molecule has 0 fully saturated rings. The molecule has 0 bridgehead atoms. The molecule has 3 aromatic rings. The van der Waals surface area contributed by atoms with E-state index in [-0.39, 0.29) is 5.82 Å². The Morgan fingerprint density at radius 2 is 2.05 bits per heavy atom. The quantitative estimate of drug-likeness (QED) is 0.673. The first kappa shape index (κ1) is 13.7. The second-order valence-corrected chi connectivity index (χ2v) is 6.45. The van der Waals surface area contributed by atoms with Crippen molar-refractivity contribution in [3.63, 3.8) is 0 Å². The van der Waals surface area contributed by atoms with Crippen molar-refractivity contribution in [2.24, 2.45) is 0 Å². The highest BCUT2D eigenvalue weighted by molar-refractivity contribution is 9.10. The zero-order chi connectivity index (χ0) is 14.3. The van der Waals surface area contributed by atoms with Gasteiger partial charge in [0.25, 0.3) is 0 Å². The number of thiophene rings is 1. The maximum Gasteiger partial charge on any atom is 0.126 e. The summed E-state index contributed by atoms with van der Waals surface area (Å²) in [6.07, 6.45) is -0.739. The maximum atomic E-state index is 13.3. The molecule has 0 amide bonds. The topological polar surface area (TPSA) is 20.2 Å². The number of hydrogen-bond donors (Lipinski definition) is 1. The monoisotopic (exact) mass is 350 g/mol. The SMILES string of the molecule is Cc1cc(C(O)c2csc3c(Br)cccc23)ccc1F. The van der Waals surface area contributed by atoms with E-state index in [0.29, 0.717) is 11.1 Å². The van der Waals surface area contributed by atoms with Gasteiger partial charge in [-0.1, -0.05) is 24.3 Å². The highest BCUT2D eigenvalue weighted by Crippen LogP contribution is 2.37. The van der Waals surface area contributed by atoms with Crippen LogP contribution in [-0.4, -0.2) is 5.11 Å². The molecule has 1 N–H and O–H groups in total. The number of fused-ring (bicyclic) bond motifs is 1. The molecule has 0 aliphatic carbocycles. The molecule has 1 aromatic heterocycles. The molecule has 4 heteroatoms. The van der Waals surface area contributed by atoms with Crippen LogP contribution < -0.4 is 0 Å². The highest BCUT2D eigenvalue weighted by atomic mass is 79.9. The van der Waals surface area contributed by atoms with Crippen molar-refractivity contribution in [3.05, 3.63) is 68.8 Å². The van der Waals surface area contributed by atoms with Gasteiger partial charge in [0.15, 0.2) is 0 Å². The van der Waals surface area contributed by atoms with Crippen LogP contribution in [0.3, 0.4) is 0 Å². The average molecular weight is 351 g/mol. The minimum atomic E-state index is -0.739. The van der Waals surface area contributed by atoms with Gasteiger partial charge in [0.1, 0.15) is 11.9 Å². The fraction of sp³-hybridized carbons (Fsp3) is 0.125. The molecular weight excluding hydrogens is 339 g/mol. The lowest BCUT2D eigenvalue weighted by Crippen LogP contribution is -1.99. The minimum Gasteiger partial charge on any atom is -0.384 e. The summed E-state index contributed by atoms with van der Waals surface area (Å²) < 4.78 is 15.5. The Morgan fingerprint density at radius 3 is 2.80 bits per heavy atom. The Hall–Kier alpha value is -1.23. The molecule has 1 unspecified atom stereocenters. The number of rotatable bonds is 2. The summed E-state index contributed by atoms with van der Waals surface area (Å²) >= 11 is 5.11. The standard InChI is InChI=1S/C16H12BrFOS/c1-9-7-10(5-6-14(9)18)15(19)12-8-20-16-11(12)3-2-4-13(16)17/h2-8,15,19H,1H3. The van der Waals surface area contributed by atoms with Crippen LogP contribution in [-0.2, 0) is 0 Å². The zero-order valence-electron chi connectivity index (χ0n) is 10.7. The second kappa shape index (κ2) is 5.28. The van der Waals surface area contributed by atoms with Crippen LogP contribution in [0.4, 0.5) is 4.39 Å². The van der Waals surface area contributed by atoms with Crippen molar-refractivity contribution in [2.75, 3.05) is 0 Å². The first-order valence-corrected chi connectivity index (χ1v) is 7.85. The highest BCUT2D eigenvalue weighted by Gasteiger charge is 2.17. The maximum absolute atomic E-state index is 13.3. The molecule has 3 rings (SSSR count). The molecular formula is C16H12BrFOS. The van der Waals surface area contributed by atoms with Gasteiger partial charge in [-0.05, 0) is 56.9 Å². The summed E-state index contributed by atoms with van der Waals surface area (Å²) in [6.45, 7) is 1.70. The Bertz CT molecular complexity index is 781. The Labute approximate surface area is 128 Å². The molecule has 1 heterocycles. The van der Waals surface area contributed by atoms with Crippen LogP contribution >= 0.6 is 27.3 Å². The van der Waals surface area contributed by atoms with E-state index in [1.54, 1.807) is 30.4 Å². The lowest BCUT2D eigenvalue weighted by atomic mass is 9.99. The van der Waals surface area contributed by atoms with Crippen LogP contribution in [0.5, 0.6) is 0 Å². The van der Waals surface area contributed by atoms with Gasteiger partial charge >= 0.3 is 0 Å². The molecule has 0 aliphatic heterocycles. The predicted molar refractivity (Wildman–Crippen MR) is 84.7 cm³/mol. The van der Waals surface area contributed by atoms with E-state index in [0.717, 1.165) is 20.1 Å². The van der Waals surface area contributed by atoms with Gasteiger partial charge in [-0.3, -0.25) is 0 Å². The molecule has 0 spiro atoms. The summed E-state index contributed by atoms with van der Waals surface area (Å²) in [7, 11) is 0. The van der Waals surface area contributed by atoms with E-state index < -0.39 is 6.10 Å². The van der Waals surface area contributed by atoms with Gasteiger partial charge in [0.05, 0.1) is 0 Å². The number of halogens is 2. The van der Waals surface area contributed by atoms with Gasteiger partial charge < -0.3 is 5.11 Å². The Kier molecular flexibility index (Phi) is 3.63. The number of aliphatic hydroxyl groups is 1. The van der Waals surface area contributed by atoms with Gasteiger partial charge in [-0.25, -0.2) is 4.39 Å². The molecule has 0 saturated heterocycles. The summed E-state index contributed by atoms with van der Waals surface area (Å²) in [4.78, 5) is 0. The second-order valence-electron chi connectivity index (χ2n) is 4.72. The smallest absolute Gasteiger partial charge is 0.126 e. The van der Waals surface area contributed by atoms with Crippen molar-refractivity contribution >= 4 is 37.4 Å². The largest absolute Gasteiger partial charge is 0.384 e. The summed E-state index contributed by atoms with van der Waals surface area (Å²) in [5.74, 6) is -0.251. The lowest BCUT2D eigenvalue weighted by molar-refractivity contribution is 0.222. The van der Waals surface area contributed by atoms with E-state index in [2.05, 4.69) is 15.9 Å². The zero-order valence-corrected chi connectivity index (χ0v) is 13.1. The lowest BCUT2D eigenvalue weighted by Gasteiger charge is -2.11. The summed E-state index contributed by atoms with van der Waals surface area (Å²) in [5, 5.41) is 13.5. The fourth-order valence-electron chi connectivity index (χ4n) is 2.27. The molecule has 20 heavy (non-hydrogen) atoms. The Morgan fingerprint density at radius 1 is 1.25 bits per heavy atom. The van der Waals surface area contributed by atoms with Gasteiger partial charge in [0.2, 0.25) is 0 Å². The van der Waals surface area contributed by atoms with Gasteiger partial charge in [-0.2, -0.15) is 0 Å². The fourth-order valence-corrected chi connectivity index (χ4v) is 3.91.